The van der Waals surface area contributed by atoms with Gasteiger partial charge in [0, 0.05) is 5.02 Å². The molecule has 0 spiro atoms. The quantitative estimate of drug-likeness (QED) is 0.515. The van der Waals surface area contributed by atoms with Crippen molar-refractivity contribution < 1.29 is 13.6 Å². The molecule has 0 saturated heterocycles. The fourth-order valence-corrected chi connectivity index (χ4v) is 3.31. The SMILES string of the molecule is O=S(=O)(c1ccc(Cl)cc1)C(C=Cc1ccccc1)C=NO. The number of rotatable bonds is 5. The summed E-state index contributed by atoms with van der Waals surface area (Å²) in [5.74, 6) is 0. The highest BCUT2D eigenvalue weighted by Gasteiger charge is 2.24. The van der Waals surface area contributed by atoms with E-state index in [-0.39, 0.29) is 4.90 Å². The third kappa shape index (κ3) is 3.96. The van der Waals surface area contributed by atoms with E-state index in [1.807, 2.05) is 30.3 Å². The summed E-state index contributed by atoms with van der Waals surface area (Å²) in [5, 5.41) is 11.0. The molecule has 0 amide bonds. The first-order chi connectivity index (χ1) is 10.5. The van der Waals surface area contributed by atoms with Crippen LogP contribution in [0.1, 0.15) is 5.56 Å². The zero-order valence-electron chi connectivity index (χ0n) is 11.5. The van der Waals surface area contributed by atoms with Gasteiger partial charge in [-0.1, -0.05) is 54.1 Å². The highest BCUT2D eigenvalue weighted by molar-refractivity contribution is 7.93. The topological polar surface area (TPSA) is 66.7 Å². The molecule has 1 atom stereocenters. The molecule has 0 saturated carbocycles. The van der Waals surface area contributed by atoms with E-state index in [9.17, 15) is 8.42 Å². The van der Waals surface area contributed by atoms with Crippen molar-refractivity contribution >= 4 is 33.7 Å². The Hall–Kier alpha value is -2.11. The summed E-state index contributed by atoms with van der Waals surface area (Å²) in [7, 11) is -3.70. The van der Waals surface area contributed by atoms with Crippen LogP contribution in [0.3, 0.4) is 0 Å². The Morgan fingerprint density at radius 2 is 1.68 bits per heavy atom. The molecular formula is C16H14ClNO3S. The first-order valence-electron chi connectivity index (χ1n) is 6.44. The zero-order valence-corrected chi connectivity index (χ0v) is 13.1. The molecule has 1 N–H and O–H groups in total. The Morgan fingerprint density at radius 3 is 2.27 bits per heavy atom. The van der Waals surface area contributed by atoms with Gasteiger partial charge in [0.2, 0.25) is 0 Å². The maximum absolute atomic E-state index is 12.6. The monoisotopic (exact) mass is 335 g/mol. The molecule has 0 heterocycles. The highest BCUT2D eigenvalue weighted by atomic mass is 35.5. The fraction of sp³-hybridized carbons (Fsp3) is 0.0625. The predicted molar refractivity (Wildman–Crippen MR) is 88.2 cm³/mol. The average Bonchev–Trinajstić information content (AvgIpc) is 2.52. The van der Waals surface area contributed by atoms with Gasteiger partial charge in [0.15, 0.2) is 9.84 Å². The van der Waals surface area contributed by atoms with Gasteiger partial charge in [-0.05, 0) is 29.8 Å². The number of hydrogen-bond donors (Lipinski definition) is 1. The van der Waals surface area contributed by atoms with Gasteiger partial charge in [0.05, 0.1) is 11.1 Å². The minimum absolute atomic E-state index is 0.111. The van der Waals surface area contributed by atoms with Crippen molar-refractivity contribution in [1.82, 2.24) is 0 Å². The molecule has 4 nitrogen and oxygen atoms in total. The second-order valence-corrected chi connectivity index (χ2v) is 7.04. The summed E-state index contributed by atoms with van der Waals surface area (Å²) in [6, 6.07) is 15.1. The highest BCUT2D eigenvalue weighted by Crippen LogP contribution is 2.19. The maximum atomic E-state index is 12.6. The second kappa shape index (κ2) is 7.24. The van der Waals surface area contributed by atoms with Crippen molar-refractivity contribution in [2.45, 2.75) is 10.1 Å². The summed E-state index contributed by atoms with van der Waals surface area (Å²) in [4.78, 5) is 0.111. The third-order valence-corrected chi connectivity index (χ3v) is 5.17. The van der Waals surface area contributed by atoms with Gasteiger partial charge in [0.25, 0.3) is 0 Å². The van der Waals surface area contributed by atoms with Crippen molar-refractivity contribution in [2.75, 3.05) is 0 Å². The van der Waals surface area contributed by atoms with E-state index in [4.69, 9.17) is 16.8 Å². The van der Waals surface area contributed by atoms with Gasteiger partial charge in [-0.2, -0.15) is 0 Å². The summed E-state index contributed by atoms with van der Waals surface area (Å²) in [6.45, 7) is 0. The van der Waals surface area contributed by atoms with E-state index >= 15 is 0 Å². The van der Waals surface area contributed by atoms with Crippen molar-refractivity contribution in [3.63, 3.8) is 0 Å². The molecule has 0 fully saturated rings. The van der Waals surface area contributed by atoms with E-state index in [0.29, 0.717) is 5.02 Å². The van der Waals surface area contributed by atoms with Crippen LogP contribution in [0.15, 0.2) is 70.7 Å². The van der Waals surface area contributed by atoms with Crippen molar-refractivity contribution in [1.29, 1.82) is 0 Å². The summed E-state index contributed by atoms with van der Waals surface area (Å²) < 4.78 is 25.1. The van der Waals surface area contributed by atoms with Gasteiger partial charge in [-0.3, -0.25) is 0 Å². The first kappa shape index (κ1) is 16.3. The molecule has 2 aromatic carbocycles. The van der Waals surface area contributed by atoms with Gasteiger partial charge >= 0.3 is 0 Å². The van der Waals surface area contributed by atoms with E-state index in [1.54, 1.807) is 6.08 Å². The van der Waals surface area contributed by atoms with Crippen LogP contribution < -0.4 is 0 Å². The molecule has 114 valence electrons. The Balaban J connectivity index is 2.34. The minimum atomic E-state index is -3.70. The molecular weight excluding hydrogens is 322 g/mol. The first-order valence-corrected chi connectivity index (χ1v) is 8.37. The lowest BCUT2D eigenvalue weighted by atomic mass is 10.2. The molecule has 22 heavy (non-hydrogen) atoms. The van der Waals surface area contributed by atoms with Crippen LogP contribution in [0.4, 0.5) is 0 Å². The normalized spacial score (nSPS) is 13.7. The van der Waals surface area contributed by atoms with Gasteiger partial charge in [-0.25, -0.2) is 8.42 Å². The molecule has 0 radical (unpaired) electrons. The molecule has 0 aliphatic rings. The number of oxime groups is 1. The third-order valence-electron chi connectivity index (χ3n) is 2.99. The predicted octanol–water partition coefficient (Wildman–Crippen LogP) is 3.66. The lowest BCUT2D eigenvalue weighted by Crippen LogP contribution is -2.20. The summed E-state index contributed by atoms with van der Waals surface area (Å²) in [5.41, 5.74) is 0.852. The number of halogens is 1. The van der Waals surface area contributed by atoms with Crippen molar-refractivity contribution in [3.8, 4) is 0 Å². The average molecular weight is 336 g/mol. The summed E-state index contributed by atoms with van der Waals surface area (Å²) in [6.07, 6.45) is 4.11. The summed E-state index contributed by atoms with van der Waals surface area (Å²) >= 11 is 5.77. The Labute approximate surface area is 134 Å². The largest absolute Gasteiger partial charge is 0.411 e. The standard InChI is InChI=1S/C16H14ClNO3S/c17-14-7-10-15(11-8-14)22(20,21)16(12-18-19)9-6-13-4-2-1-3-5-13/h1-12,16,19H. The number of benzene rings is 2. The maximum Gasteiger partial charge on any atom is 0.190 e. The smallest absolute Gasteiger partial charge is 0.190 e. The Bertz CT molecular complexity index is 769. The van der Waals surface area contributed by atoms with Crippen LogP contribution in [-0.4, -0.2) is 25.1 Å². The lowest BCUT2D eigenvalue weighted by Gasteiger charge is -2.09. The molecule has 6 heteroatoms. The lowest BCUT2D eigenvalue weighted by molar-refractivity contribution is 0.321. The van der Waals surface area contributed by atoms with Crippen LogP contribution in [0.25, 0.3) is 6.08 Å². The molecule has 2 rings (SSSR count). The van der Waals surface area contributed by atoms with Gasteiger partial charge in [-0.15, -0.1) is 5.16 Å². The van der Waals surface area contributed by atoms with E-state index in [0.717, 1.165) is 11.8 Å². The zero-order chi connectivity index (χ0) is 16.0. The van der Waals surface area contributed by atoms with Crippen LogP contribution >= 0.6 is 11.6 Å². The van der Waals surface area contributed by atoms with Crippen LogP contribution in [-0.2, 0) is 9.84 Å². The molecule has 0 aliphatic heterocycles. The number of sulfone groups is 1. The van der Waals surface area contributed by atoms with Crippen molar-refractivity contribution in [3.05, 3.63) is 71.3 Å². The van der Waals surface area contributed by atoms with Crippen LogP contribution in [0.5, 0.6) is 0 Å². The fourth-order valence-electron chi connectivity index (χ4n) is 1.85. The van der Waals surface area contributed by atoms with E-state index in [1.165, 1.54) is 30.3 Å². The van der Waals surface area contributed by atoms with Gasteiger partial charge < -0.3 is 5.21 Å². The Morgan fingerprint density at radius 1 is 1.05 bits per heavy atom. The number of nitrogens with zero attached hydrogens (tertiary/aromatic N) is 1. The number of hydrogen-bond acceptors (Lipinski definition) is 4. The van der Waals surface area contributed by atoms with Crippen LogP contribution in [0.2, 0.25) is 5.02 Å². The molecule has 1 unspecified atom stereocenters. The molecule has 2 aromatic rings. The minimum Gasteiger partial charge on any atom is -0.411 e. The van der Waals surface area contributed by atoms with Crippen molar-refractivity contribution in [2.24, 2.45) is 5.16 Å². The Kier molecular flexibility index (Phi) is 5.35. The van der Waals surface area contributed by atoms with Crippen LogP contribution in [0, 0.1) is 0 Å². The van der Waals surface area contributed by atoms with Gasteiger partial charge in [0.1, 0.15) is 5.25 Å². The van der Waals surface area contributed by atoms with E-state index < -0.39 is 15.1 Å². The molecule has 0 bridgehead atoms. The van der Waals surface area contributed by atoms with E-state index in [2.05, 4.69) is 5.16 Å². The molecule has 0 aromatic heterocycles. The molecule has 0 aliphatic carbocycles. The second-order valence-electron chi connectivity index (χ2n) is 4.50.